The van der Waals surface area contributed by atoms with Crippen molar-refractivity contribution < 1.29 is 0 Å². The third-order valence-electron chi connectivity index (χ3n) is 1.60. The van der Waals surface area contributed by atoms with Gasteiger partial charge in [0, 0.05) is 14.9 Å². The highest BCUT2D eigenvalue weighted by Crippen LogP contribution is 2.25. The molecule has 1 atom stereocenters. The van der Waals surface area contributed by atoms with Gasteiger partial charge in [0.15, 0.2) is 0 Å². The number of benzene rings is 1. The Hall–Kier alpha value is -0.0800. The molecule has 0 amide bonds. The van der Waals surface area contributed by atoms with Crippen molar-refractivity contribution in [1.29, 1.82) is 0 Å². The zero-order valence-corrected chi connectivity index (χ0v) is 9.73. The summed E-state index contributed by atoms with van der Waals surface area (Å²) in [5, 5.41) is 0. The summed E-state index contributed by atoms with van der Waals surface area (Å²) in [4.78, 5) is 0. The highest BCUT2D eigenvalue weighted by Gasteiger charge is 2.02. The van der Waals surface area contributed by atoms with Crippen LogP contribution in [0.2, 0.25) is 0 Å². The largest absolute Gasteiger partial charge is 0.102 e. The van der Waals surface area contributed by atoms with Gasteiger partial charge in [-0.25, -0.2) is 0 Å². The Morgan fingerprint density at radius 3 is 2.08 bits per heavy atom. The van der Waals surface area contributed by atoms with Crippen LogP contribution in [-0.4, -0.2) is 0 Å². The van der Waals surface area contributed by atoms with Gasteiger partial charge in [-0.1, -0.05) is 37.9 Å². The maximum absolute atomic E-state index is 3.95. The minimum absolute atomic E-state index is 0.152. The lowest BCUT2D eigenvalue weighted by atomic mass is 10.0. The number of hydrogen-bond acceptors (Lipinski definition) is 0. The molecule has 1 radical (unpaired) electrons. The first-order chi connectivity index (χ1) is 5.63. The Kier molecular flexibility index (Phi) is 3.53. The Labute approximate surface area is 89.9 Å². The van der Waals surface area contributed by atoms with Crippen molar-refractivity contribution in [1.82, 2.24) is 0 Å². The molecule has 0 aliphatic carbocycles. The van der Waals surface area contributed by atoms with Crippen LogP contribution >= 0.6 is 31.9 Å². The van der Waals surface area contributed by atoms with Gasteiger partial charge in [0.05, 0.1) is 0 Å². The quantitative estimate of drug-likeness (QED) is 0.711. The molecule has 1 aromatic carbocycles. The van der Waals surface area contributed by atoms with E-state index in [1.807, 2.05) is 24.3 Å². The molecule has 0 saturated heterocycles. The molecule has 0 heterocycles. The second-order valence-electron chi connectivity index (χ2n) is 2.54. The molecule has 12 heavy (non-hydrogen) atoms. The lowest BCUT2D eigenvalue weighted by molar-refractivity contribution is 1.08. The fraction of sp³-hybridized carbons (Fsp3) is 0.100. The molecule has 1 rings (SSSR count). The van der Waals surface area contributed by atoms with E-state index in [1.165, 1.54) is 0 Å². The van der Waals surface area contributed by atoms with Gasteiger partial charge in [-0.3, -0.25) is 0 Å². The molecule has 0 spiro atoms. The summed E-state index contributed by atoms with van der Waals surface area (Å²) in [6.07, 6.45) is 1.83. The Morgan fingerprint density at radius 1 is 1.17 bits per heavy atom. The van der Waals surface area contributed by atoms with Crippen LogP contribution in [0.15, 0.2) is 39.8 Å². The molecule has 0 bridgehead atoms. The molecular formula is C10H9Br2. The molecule has 63 valence electrons. The molecule has 2 heteroatoms. The maximum Gasteiger partial charge on any atom is 0.0189 e. The van der Waals surface area contributed by atoms with Crippen molar-refractivity contribution in [2.75, 3.05) is 0 Å². The number of allylic oxidation sites excluding steroid dienone is 1. The van der Waals surface area contributed by atoms with Gasteiger partial charge in [0.25, 0.3) is 0 Å². The van der Waals surface area contributed by atoms with Crippen LogP contribution in [-0.2, 0) is 0 Å². The highest BCUT2D eigenvalue weighted by atomic mass is 79.9. The van der Waals surface area contributed by atoms with Crippen LogP contribution in [0.4, 0.5) is 0 Å². The van der Waals surface area contributed by atoms with Gasteiger partial charge in [0.1, 0.15) is 0 Å². The van der Waals surface area contributed by atoms with Gasteiger partial charge in [0.2, 0.25) is 0 Å². The standard InChI is InChI=1S/C10H9Br2/c1-3-7(2)8-4-9(11)6-10(12)5-8/h3-7H,1-2H2. The summed E-state index contributed by atoms with van der Waals surface area (Å²) in [7, 11) is 0. The molecule has 1 aromatic rings. The Balaban J connectivity index is 3.08. The summed E-state index contributed by atoms with van der Waals surface area (Å²) in [5.74, 6) is 0.152. The fourth-order valence-electron chi connectivity index (χ4n) is 0.925. The number of rotatable bonds is 2. The third-order valence-corrected chi connectivity index (χ3v) is 2.51. The van der Waals surface area contributed by atoms with Crippen molar-refractivity contribution in [2.24, 2.45) is 0 Å². The highest BCUT2D eigenvalue weighted by molar-refractivity contribution is 9.11. The molecule has 0 aliphatic rings. The van der Waals surface area contributed by atoms with E-state index < -0.39 is 0 Å². The molecule has 0 N–H and O–H groups in total. The first-order valence-electron chi connectivity index (χ1n) is 3.55. The van der Waals surface area contributed by atoms with Gasteiger partial charge in [-0.2, -0.15) is 0 Å². The zero-order chi connectivity index (χ0) is 9.14. The van der Waals surface area contributed by atoms with Gasteiger partial charge < -0.3 is 0 Å². The van der Waals surface area contributed by atoms with E-state index in [4.69, 9.17) is 0 Å². The van der Waals surface area contributed by atoms with Gasteiger partial charge >= 0.3 is 0 Å². The van der Waals surface area contributed by atoms with Crippen LogP contribution in [0, 0.1) is 6.92 Å². The smallest absolute Gasteiger partial charge is 0.0189 e. The Morgan fingerprint density at radius 2 is 1.67 bits per heavy atom. The molecule has 0 saturated carbocycles. The number of hydrogen-bond donors (Lipinski definition) is 0. The number of halogens is 2. The summed E-state index contributed by atoms with van der Waals surface area (Å²) in [6.45, 7) is 7.65. The van der Waals surface area contributed by atoms with E-state index >= 15 is 0 Å². The van der Waals surface area contributed by atoms with E-state index in [2.05, 4.69) is 45.4 Å². The van der Waals surface area contributed by atoms with Crippen LogP contribution in [0.3, 0.4) is 0 Å². The van der Waals surface area contributed by atoms with E-state index in [0.717, 1.165) is 14.5 Å². The van der Waals surface area contributed by atoms with Crippen LogP contribution in [0.1, 0.15) is 11.5 Å². The predicted octanol–water partition coefficient (Wildman–Crippen LogP) is 4.32. The van der Waals surface area contributed by atoms with Crippen molar-refractivity contribution in [3.63, 3.8) is 0 Å². The minimum atomic E-state index is 0.152. The summed E-state index contributed by atoms with van der Waals surface area (Å²) < 4.78 is 2.12. The van der Waals surface area contributed by atoms with E-state index in [-0.39, 0.29) is 5.92 Å². The zero-order valence-electron chi connectivity index (χ0n) is 6.56. The van der Waals surface area contributed by atoms with Gasteiger partial charge in [-0.05, 0) is 30.7 Å². The van der Waals surface area contributed by atoms with Crippen LogP contribution in [0.25, 0.3) is 0 Å². The molecule has 0 nitrogen and oxygen atoms in total. The molecule has 0 aromatic heterocycles. The van der Waals surface area contributed by atoms with E-state index in [9.17, 15) is 0 Å². The second kappa shape index (κ2) is 4.24. The molecule has 1 unspecified atom stereocenters. The summed E-state index contributed by atoms with van der Waals surface area (Å²) in [5.41, 5.74) is 1.16. The first-order valence-corrected chi connectivity index (χ1v) is 5.13. The fourth-order valence-corrected chi connectivity index (χ4v) is 2.25. The van der Waals surface area contributed by atoms with Crippen molar-refractivity contribution in [3.8, 4) is 0 Å². The first kappa shape index (κ1) is 10.0. The normalized spacial score (nSPS) is 12.6. The van der Waals surface area contributed by atoms with Crippen molar-refractivity contribution >= 4 is 31.9 Å². The van der Waals surface area contributed by atoms with E-state index in [0.29, 0.717) is 0 Å². The minimum Gasteiger partial charge on any atom is -0.102 e. The third kappa shape index (κ3) is 2.46. The SMILES string of the molecule is [CH2]C(C=C)c1cc(Br)cc(Br)c1. The molecule has 0 fully saturated rings. The maximum atomic E-state index is 3.95. The predicted molar refractivity (Wildman–Crippen MR) is 60.1 cm³/mol. The van der Waals surface area contributed by atoms with E-state index in [1.54, 1.807) is 0 Å². The average Bonchev–Trinajstić information content (AvgIpc) is 2.01. The van der Waals surface area contributed by atoms with Crippen molar-refractivity contribution in [3.05, 3.63) is 52.3 Å². The topological polar surface area (TPSA) is 0 Å². The summed E-state index contributed by atoms with van der Waals surface area (Å²) in [6, 6.07) is 6.09. The van der Waals surface area contributed by atoms with Crippen molar-refractivity contribution in [2.45, 2.75) is 5.92 Å². The lowest BCUT2D eigenvalue weighted by Crippen LogP contribution is -1.88. The monoisotopic (exact) mass is 287 g/mol. The van der Waals surface area contributed by atoms with Crippen LogP contribution in [0.5, 0.6) is 0 Å². The van der Waals surface area contributed by atoms with Crippen LogP contribution < -0.4 is 0 Å². The molecule has 0 aliphatic heterocycles. The molecular weight excluding hydrogens is 280 g/mol. The van der Waals surface area contributed by atoms with Gasteiger partial charge in [-0.15, -0.1) is 6.58 Å². The average molecular weight is 289 g/mol. The summed E-state index contributed by atoms with van der Waals surface area (Å²) >= 11 is 6.84. The lowest BCUT2D eigenvalue weighted by Gasteiger charge is -2.06. The Bertz CT molecular complexity index is 272. The second-order valence-corrected chi connectivity index (χ2v) is 4.38.